The molecule has 0 bridgehead atoms. The lowest BCUT2D eigenvalue weighted by Crippen LogP contribution is -2.20. The van der Waals surface area contributed by atoms with Gasteiger partial charge in [0.25, 0.3) is 0 Å². The van der Waals surface area contributed by atoms with E-state index < -0.39 is 0 Å². The quantitative estimate of drug-likeness (QED) is 0.836. The standard InChI is InChI=1S/C17H17N/c1-2-6-14(7-3-1)16-8-4-5-9-17(16)15-10-12-18-13-11-15/h1-10,18H,11-13H2. The van der Waals surface area contributed by atoms with Gasteiger partial charge in [0.2, 0.25) is 0 Å². The Bertz CT molecular complexity index is 555. The van der Waals surface area contributed by atoms with Gasteiger partial charge in [-0.05, 0) is 35.2 Å². The van der Waals surface area contributed by atoms with E-state index in [9.17, 15) is 0 Å². The summed E-state index contributed by atoms with van der Waals surface area (Å²) in [6, 6.07) is 19.3. The SMILES string of the molecule is C1=C(c2ccccc2-c2ccccc2)CCNC1. The van der Waals surface area contributed by atoms with Crippen molar-refractivity contribution in [2.24, 2.45) is 0 Å². The molecule has 0 radical (unpaired) electrons. The van der Waals surface area contributed by atoms with Gasteiger partial charge < -0.3 is 5.32 Å². The van der Waals surface area contributed by atoms with Gasteiger partial charge in [-0.2, -0.15) is 0 Å². The predicted octanol–water partition coefficient (Wildman–Crippen LogP) is 3.73. The highest BCUT2D eigenvalue weighted by molar-refractivity contribution is 5.81. The summed E-state index contributed by atoms with van der Waals surface area (Å²) in [4.78, 5) is 0. The van der Waals surface area contributed by atoms with Crippen LogP contribution >= 0.6 is 0 Å². The number of benzene rings is 2. The summed E-state index contributed by atoms with van der Waals surface area (Å²) >= 11 is 0. The minimum Gasteiger partial charge on any atom is -0.313 e. The third-order valence-electron chi connectivity index (χ3n) is 3.42. The van der Waals surface area contributed by atoms with Crippen LogP contribution in [0.3, 0.4) is 0 Å². The van der Waals surface area contributed by atoms with Gasteiger partial charge in [0, 0.05) is 6.54 Å². The maximum absolute atomic E-state index is 3.37. The first kappa shape index (κ1) is 11.2. The lowest BCUT2D eigenvalue weighted by atomic mass is 9.92. The van der Waals surface area contributed by atoms with E-state index >= 15 is 0 Å². The summed E-state index contributed by atoms with van der Waals surface area (Å²) < 4.78 is 0. The summed E-state index contributed by atoms with van der Waals surface area (Å²) in [6.07, 6.45) is 3.43. The molecule has 1 aliphatic heterocycles. The summed E-state index contributed by atoms with van der Waals surface area (Å²) in [5.74, 6) is 0. The van der Waals surface area contributed by atoms with Crippen molar-refractivity contribution in [1.29, 1.82) is 0 Å². The molecular formula is C17H17N. The van der Waals surface area contributed by atoms with Crippen molar-refractivity contribution in [3.8, 4) is 11.1 Å². The third kappa shape index (κ3) is 2.22. The maximum Gasteiger partial charge on any atom is 0.0140 e. The van der Waals surface area contributed by atoms with Gasteiger partial charge in [-0.25, -0.2) is 0 Å². The summed E-state index contributed by atoms with van der Waals surface area (Å²) in [5, 5.41) is 3.37. The van der Waals surface area contributed by atoms with Gasteiger partial charge >= 0.3 is 0 Å². The molecule has 3 rings (SSSR count). The highest BCUT2D eigenvalue weighted by atomic mass is 14.8. The van der Waals surface area contributed by atoms with Crippen molar-refractivity contribution in [2.45, 2.75) is 6.42 Å². The first-order valence-corrected chi connectivity index (χ1v) is 6.50. The minimum atomic E-state index is 0.985. The molecular weight excluding hydrogens is 218 g/mol. The smallest absolute Gasteiger partial charge is 0.0140 e. The molecule has 0 fully saturated rings. The number of hydrogen-bond acceptors (Lipinski definition) is 1. The molecule has 0 saturated heterocycles. The van der Waals surface area contributed by atoms with Gasteiger partial charge in [0.1, 0.15) is 0 Å². The van der Waals surface area contributed by atoms with E-state index in [0.717, 1.165) is 19.5 Å². The van der Waals surface area contributed by atoms with Crippen LogP contribution < -0.4 is 5.32 Å². The van der Waals surface area contributed by atoms with E-state index in [1.165, 1.54) is 22.3 Å². The van der Waals surface area contributed by atoms with Crippen LogP contribution in [-0.4, -0.2) is 13.1 Å². The van der Waals surface area contributed by atoms with Crippen LogP contribution in [0.25, 0.3) is 16.7 Å². The van der Waals surface area contributed by atoms with E-state index in [1.54, 1.807) is 0 Å². The van der Waals surface area contributed by atoms with Crippen LogP contribution in [0, 0.1) is 0 Å². The van der Waals surface area contributed by atoms with Gasteiger partial charge in [0.15, 0.2) is 0 Å². The summed E-state index contributed by atoms with van der Waals surface area (Å²) in [6.45, 7) is 2.06. The molecule has 2 aromatic carbocycles. The molecule has 0 aliphatic carbocycles. The van der Waals surface area contributed by atoms with Crippen LogP contribution in [0.1, 0.15) is 12.0 Å². The molecule has 1 heteroatoms. The highest BCUT2D eigenvalue weighted by Gasteiger charge is 2.10. The molecule has 0 unspecified atom stereocenters. The van der Waals surface area contributed by atoms with Crippen LogP contribution in [0.5, 0.6) is 0 Å². The predicted molar refractivity (Wildman–Crippen MR) is 77.3 cm³/mol. The summed E-state index contributed by atoms with van der Waals surface area (Å²) in [5.41, 5.74) is 5.48. The molecule has 1 aliphatic rings. The second-order valence-corrected chi connectivity index (χ2v) is 4.60. The minimum absolute atomic E-state index is 0.985. The van der Waals surface area contributed by atoms with Crippen molar-refractivity contribution >= 4 is 5.57 Å². The fraction of sp³-hybridized carbons (Fsp3) is 0.176. The fourth-order valence-corrected chi connectivity index (χ4v) is 2.50. The van der Waals surface area contributed by atoms with Crippen LogP contribution in [-0.2, 0) is 0 Å². The Hall–Kier alpha value is -1.86. The molecule has 18 heavy (non-hydrogen) atoms. The fourth-order valence-electron chi connectivity index (χ4n) is 2.50. The van der Waals surface area contributed by atoms with Crippen LogP contribution in [0.15, 0.2) is 60.7 Å². The topological polar surface area (TPSA) is 12.0 Å². The molecule has 1 N–H and O–H groups in total. The molecule has 1 heterocycles. The van der Waals surface area contributed by atoms with Crippen molar-refractivity contribution in [2.75, 3.05) is 13.1 Å². The van der Waals surface area contributed by atoms with Gasteiger partial charge in [-0.15, -0.1) is 0 Å². The Morgan fingerprint density at radius 2 is 1.50 bits per heavy atom. The van der Waals surface area contributed by atoms with Crippen molar-refractivity contribution < 1.29 is 0 Å². The molecule has 0 aromatic heterocycles. The van der Waals surface area contributed by atoms with E-state index in [1.807, 2.05) is 0 Å². The zero-order valence-electron chi connectivity index (χ0n) is 10.4. The Labute approximate surface area is 108 Å². The normalized spacial score (nSPS) is 15.2. The van der Waals surface area contributed by atoms with E-state index in [-0.39, 0.29) is 0 Å². The molecule has 2 aromatic rings. The molecule has 1 nitrogen and oxygen atoms in total. The third-order valence-corrected chi connectivity index (χ3v) is 3.42. The zero-order valence-corrected chi connectivity index (χ0v) is 10.4. The Morgan fingerprint density at radius 1 is 0.778 bits per heavy atom. The molecule has 0 saturated carbocycles. The molecule has 90 valence electrons. The van der Waals surface area contributed by atoms with Crippen molar-refractivity contribution in [3.05, 3.63) is 66.2 Å². The van der Waals surface area contributed by atoms with Gasteiger partial charge in [0.05, 0.1) is 0 Å². The van der Waals surface area contributed by atoms with E-state index in [0.29, 0.717) is 0 Å². The van der Waals surface area contributed by atoms with Gasteiger partial charge in [-0.3, -0.25) is 0 Å². The Balaban J connectivity index is 2.08. The average molecular weight is 235 g/mol. The monoisotopic (exact) mass is 235 g/mol. The largest absolute Gasteiger partial charge is 0.313 e. The second kappa shape index (κ2) is 5.19. The Morgan fingerprint density at radius 3 is 2.22 bits per heavy atom. The van der Waals surface area contributed by atoms with Crippen molar-refractivity contribution in [3.63, 3.8) is 0 Å². The summed E-state index contributed by atoms with van der Waals surface area (Å²) in [7, 11) is 0. The first-order valence-electron chi connectivity index (χ1n) is 6.50. The molecule has 0 amide bonds. The molecule has 0 atom stereocenters. The van der Waals surface area contributed by atoms with Crippen molar-refractivity contribution in [1.82, 2.24) is 5.32 Å². The zero-order chi connectivity index (χ0) is 12.2. The first-order chi connectivity index (χ1) is 8.95. The number of rotatable bonds is 2. The van der Waals surface area contributed by atoms with Crippen LogP contribution in [0.2, 0.25) is 0 Å². The lowest BCUT2D eigenvalue weighted by Gasteiger charge is -2.17. The van der Waals surface area contributed by atoms with E-state index in [4.69, 9.17) is 0 Å². The van der Waals surface area contributed by atoms with E-state index in [2.05, 4.69) is 66.0 Å². The maximum atomic E-state index is 3.37. The van der Waals surface area contributed by atoms with Crippen LogP contribution in [0.4, 0.5) is 0 Å². The molecule has 0 spiro atoms. The average Bonchev–Trinajstić information content (AvgIpc) is 2.49. The lowest BCUT2D eigenvalue weighted by molar-refractivity contribution is 0.739. The second-order valence-electron chi connectivity index (χ2n) is 4.60. The number of hydrogen-bond donors (Lipinski definition) is 1. The number of nitrogens with one attached hydrogen (secondary N) is 1. The van der Waals surface area contributed by atoms with Gasteiger partial charge in [-0.1, -0.05) is 60.7 Å². The Kier molecular flexibility index (Phi) is 3.24. The highest BCUT2D eigenvalue weighted by Crippen LogP contribution is 2.30.